The SMILES string of the molecule is c1ccc(N(c2ccccc2)c2cccc3c2sc2c3c3ccccc3c3oc4ccccc4c32)cc1. The molecular weight excluding hydrogens is 470 g/mol. The molecule has 0 saturated carbocycles. The van der Waals surface area contributed by atoms with Crippen molar-refractivity contribution in [2.75, 3.05) is 4.90 Å². The molecule has 0 saturated heterocycles. The van der Waals surface area contributed by atoms with Gasteiger partial charge in [-0.3, -0.25) is 0 Å². The molecule has 2 heterocycles. The van der Waals surface area contributed by atoms with Crippen LogP contribution in [-0.2, 0) is 0 Å². The Morgan fingerprint density at radius 1 is 0.459 bits per heavy atom. The van der Waals surface area contributed by atoms with E-state index in [2.05, 4.69) is 126 Å². The number of thiophene rings is 1. The maximum absolute atomic E-state index is 6.48. The fraction of sp³-hybridized carbons (Fsp3) is 0. The van der Waals surface area contributed by atoms with Gasteiger partial charge in [0.2, 0.25) is 0 Å². The third-order valence-corrected chi connectivity index (χ3v) is 8.47. The lowest BCUT2D eigenvalue weighted by molar-refractivity contribution is 0.673. The lowest BCUT2D eigenvalue weighted by Gasteiger charge is -2.25. The zero-order chi connectivity index (χ0) is 24.3. The van der Waals surface area contributed by atoms with Gasteiger partial charge < -0.3 is 9.32 Å². The first kappa shape index (κ1) is 20.6. The molecule has 8 aromatic rings. The number of nitrogens with zero attached hydrogens (tertiary/aromatic N) is 1. The van der Waals surface area contributed by atoms with Gasteiger partial charge in [0.25, 0.3) is 0 Å². The fourth-order valence-corrected chi connectivity index (χ4v) is 7.04. The van der Waals surface area contributed by atoms with Crippen molar-refractivity contribution in [2.24, 2.45) is 0 Å². The second kappa shape index (κ2) is 7.95. The molecule has 174 valence electrons. The maximum Gasteiger partial charge on any atom is 0.144 e. The van der Waals surface area contributed by atoms with Gasteiger partial charge in [-0.1, -0.05) is 91.0 Å². The highest BCUT2D eigenvalue weighted by Gasteiger charge is 2.22. The Hall–Kier alpha value is -4.60. The Balaban J connectivity index is 1.55. The third-order valence-electron chi connectivity index (χ3n) is 7.23. The van der Waals surface area contributed by atoms with E-state index in [0.29, 0.717) is 0 Å². The number of benzene rings is 6. The first-order valence-electron chi connectivity index (χ1n) is 12.5. The van der Waals surface area contributed by atoms with Crippen LogP contribution >= 0.6 is 11.3 Å². The number of fused-ring (bicyclic) bond motifs is 10. The van der Waals surface area contributed by atoms with E-state index in [9.17, 15) is 0 Å². The van der Waals surface area contributed by atoms with Crippen molar-refractivity contribution >= 4 is 81.3 Å². The van der Waals surface area contributed by atoms with Crippen LogP contribution in [0, 0.1) is 0 Å². The number of hydrogen-bond acceptors (Lipinski definition) is 3. The Bertz CT molecular complexity index is 2050. The van der Waals surface area contributed by atoms with Gasteiger partial charge >= 0.3 is 0 Å². The van der Waals surface area contributed by atoms with E-state index in [1.54, 1.807) is 0 Å². The Labute approximate surface area is 217 Å². The van der Waals surface area contributed by atoms with Crippen molar-refractivity contribution in [3.8, 4) is 0 Å². The number of rotatable bonds is 3. The Kier molecular flexibility index (Phi) is 4.42. The minimum absolute atomic E-state index is 0.933. The molecule has 0 spiro atoms. The van der Waals surface area contributed by atoms with Gasteiger partial charge in [0.1, 0.15) is 11.2 Å². The van der Waals surface area contributed by atoms with Gasteiger partial charge in [0.05, 0.1) is 10.4 Å². The van der Waals surface area contributed by atoms with Crippen LogP contribution in [0.25, 0.3) is 52.9 Å². The lowest BCUT2D eigenvalue weighted by Crippen LogP contribution is -2.09. The van der Waals surface area contributed by atoms with Gasteiger partial charge in [-0.2, -0.15) is 0 Å². The van der Waals surface area contributed by atoms with Crippen LogP contribution in [0.2, 0.25) is 0 Å². The van der Waals surface area contributed by atoms with Crippen molar-refractivity contribution in [2.45, 2.75) is 0 Å². The summed E-state index contributed by atoms with van der Waals surface area (Å²) in [6.07, 6.45) is 0. The first-order chi connectivity index (χ1) is 18.4. The van der Waals surface area contributed by atoms with Crippen molar-refractivity contribution in [1.29, 1.82) is 0 Å². The molecule has 0 unspecified atom stereocenters. The second-order valence-corrected chi connectivity index (χ2v) is 10.3. The summed E-state index contributed by atoms with van der Waals surface area (Å²) in [5.41, 5.74) is 5.37. The Morgan fingerprint density at radius 3 is 1.78 bits per heavy atom. The minimum atomic E-state index is 0.933. The highest BCUT2D eigenvalue weighted by molar-refractivity contribution is 7.27. The molecule has 0 aliphatic carbocycles. The van der Waals surface area contributed by atoms with Crippen LogP contribution in [0.4, 0.5) is 17.1 Å². The van der Waals surface area contributed by atoms with E-state index >= 15 is 0 Å². The van der Waals surface area contributed by atoms with Crippen molar-refractivity contribution in [1.82, 2.24) is 0 Å². The van der Waals surface area contributed by atoms with E-state index in [-0.39, 0.29) is 0 Å². The van der Waals surface area contributed by atoms with E-state index in [0.717, 1.165) is 27.9 Å². The summed E-state index contributed by atoms with van der Waals surface area (Å²) in [5.74, 6) is 0. The summed E-state index contributed by atoms with van der Waals surface area (Å²) in [6, 6.07) is 45.0. The van der Waals surface area contributed by atoms with Gasteiger partial charge in [-0.15, -0.1) is 11.3 Å². The molecule has 0 radical (unpaired) electrons. The summed E-state index contributed by atoms with van der Waals surface area (Å²) in [4.78, 5) is 2.37. The van der Waals surface area contributed by atoms with Crippen molar-refractivity contribution in [3.63, 3.8) is 0 Å². The molecule has 0 atom stereocenters. The predicted octanol–water partition coefficient (Wildman–Crippen LogP) is 10.6. The molecule has 0 N–H and O–H groups in total. The number of furan rings is 1. The zero-order valence-electron chi connectivity index (χ0n) is 19.9. The number of para-hydroxylation sites is 3. The molecule has 0 aliphatic heterocycles. The lowest BCUT2D eigenvalue weighted by atomic mass is 9.99. The average Bonchev–Trinajstić information content (AvgIpc) is 3.54. The summed E-state index contributed by atoms with van der Waals surface area (Å²) in [5, 5.41) is 7.36. The third kappa shape index (κ3) is 2.98. The molecular formula is C34H21NOS. The molecule has 6 aromatic carbocycles. The predicted molar refractivity (Wildman–Crippen MR) is 159 cm³/mol. The van der Waals surface area contributed by atoms with Gasteiger partial charge in [0, 0.05) is 43.0 Å². The average molecular weight is 492 g/mol. The molecule has 37 heavy (non-hydrogen) atoms. The topological polar surface area (TPSA) is 16.4 Å². The van der Waals surface area contributed by atoms with Crippen molar-refractivity contribution in [3.05, 3.63) is 127 Å². The summed E-state index contributed by atoms with van der Waals surface area (Å²) in [6.45, 7) is 0. The second-order valence-electron chi connectivity index (χ2n) is 9.31. The molecule has 3 heteroatoms. The van der Waals surface area contributed by atoms with Crippen LogP contribution in [0.5, 0.6) is 0 Å². The van der Waals surface area contributed by atoms with Crippen molar-refractivity contribution < 1.29 is 4.42 Å². The highest BCUT2D eigenvalue weighted by atomic mass is 32.1. The first-order valence-corrected chi connectivity index (χ1v) is 13.3. The zero-order valence-corrected chi connectivity index (χ0v) is 20.7. The quantitative estimate of drug-likeness (QED) is 0.244. The monoisotopic (exact) mass is 491 g/mol. The normalized spacial score (nSPS) is 11.8. The summed E-state index contributed by atoms with van der Waals surface area (Å²) >= 11 is 1.87. The molecule has 2 aromatic heterocycles. The standard InChI is InChI=1S/C34H21NOS/c1-3-12-22(13-4-1)35(23-14-5-2-6-15-23)28-20-11-19-27-30-24-16-7-8-17-25(24)32-31(34(30)37-33(27)28)26-18-9-10-21-29(26)36-32/h1-21H. The van der Waals surface area contributed by atoms with Crippen LogP contribution in [0.1, 0.15) is 0 Å². The maximum atomic E-state index is 6.48. The van der Waals surface area contributed by atoms with Crippen LogP contribution in [0.3, 0.4) is 0 Å². The summed E-state index contributed by atoms with van der Waals surface area (Å²) < 4.78 is 9.03. The molecule has 2 nitrogen and oxygen atoms in total. The minimum Gasteiger partial charge on any atom is -0.455 e. The molecule has 8 rings (SSSR count). The number of anilines is 3. The summed E-state index contributed by atoms with van der Waals surface area (Å²) in [7, 11) is 0. The van der Waals surface area contributed by atoms with E-state index in [1.807, 2.05) is 17.4 Å². The molecule has 0 aliphatic rings. The number of hydrogen-bond donors (Lipinski definition) is 0. The smallest absolute Gasteiger partial charge is 0.144 e. The van der Waals surface area contributed by atoms with Crippen LogP contribution < -0.4 is 4.90 Å². The fourth-order valence-electron chi connectivity index (χ4n) is 5.66. The molecule has 0 fully saturated rings. The highest BCUT2D eigenvalue weighted by Crippen LogP contribution is 2.50. The Morgan fingerprint density at radius 2 is 1.05 bits per heavy atom. The van der Waals surface area contributed by atoms with Crippen LogP contribution in [-0.4, -0.2) is 0 Å². The van der Waals surface area contributed by atoms with Gasteiger partial charge in [-0.05, 0) is 41.8 Å². The molecule has 0 bridgehead atoms. The van der Waals surface area contributed by atoms with Crippen LogP contribution in [0.15, 0.2) is 132 Å². The van der Waals surface area contributed by atoms with E-state index in [1.165, 1.54) is 42.0 Å². The van der Waals surface area contributed by atoms with Gasteiger partial charge in [-0.25, -0.2) is 0 Å². The van der Waals surface area contributed by atoms with E-state index in [4.69, 9.17) is 4.42 Å². The van der Waals surface area contributed by atoms with E-state index < -0.39 is 0 Å². The van der Waals surface area contributed by atoms with Gasteiger partial charge in [0.15, 0.2) is 0 Å². The largest absolute Gasteiger partial charge is 0.455 e. The molecule has 0 amide bonds.